The third-order valence-corrected chi connectivity index (χ3v) is 3.41. The molecule has 0 atom stereocenters. The largest absolute Gasteiger partial charge is 0.326 e. The molecule has 2 N–H and O–H groups in total. The van der Waals surface area contributed by atoms with Crippen LogP contribution in [-0.2, 0) is 6.54 Å². The first-order valence-corrected chi connectivity index (χ1v) is 6.43. The van der Waals surface area contributed by atoms with Gasteiger partial charge in [-0.05, 0) is 31.0 Å². The number of imidazole rings is 1. The number of pyridine rings is 1. The molecule has 0 fully saturated rings. The van der Waals surface area contributed by atoms with Crippen LogP contribution < -0.4 is 5.73 Å². The zero-order valence-electron chi connectivity index (χ0n) is 11.2. The maximum absolute atomic E-state index is 5.67. The van der Waals surface area contributed by atoms with Gasteiger partial charge in [0.2, 0.25) is 0 Å². The van der Waals surface area contributed by atoms with Gasteiger partial charge in [-0.1, -0.05) is 29.8 Å². The number of nitrogens with zero attached hydrogens (tertiary/aromatic N) is 2. The Bertz CT molecular complexity index is 741. The summed E-state index contributed by atoms with van der Waals surface area (Å²) in [7, 11) is 0. The highest BCUT2D eigenvalue weighted by molar-refractivity contribution is 5.66. The summed E-state index contributed by atoms with van der Waals surface area (Å²) in [6.45, 7) is 4.78. The van der Waals surface area contributed by atoms with Gasteiger partial charge in [0.05, 0.1) is 5.69 Å². The molecule has 2 aromatic heterocycles. The topological polar surface area (TPSA) is 43.3 Å². The van der Waals surface area contributed by atoms with Crippen molar-refractivity contribution in [1.29, 1.82) is 0 Å². The zero-order chi connectivity index (χ0) is 13.4. The van der Waals surface area contributed by atoms with Crippen LogP contribution in [0, 0.1) is 13.8 Å². The van der Waals surface area contributed by atoms with Crippen molar-refractivity contribution in [3.8, 4) is 11.3 Å². The van der Waals surface area contributed by atoms with E-state index >= 15 is 0 Å². The minimum Gasteiger partial charge on any atom is -0.326 e. The molecule has 19 heavy (non-hydrogen) atoms. The van der Waals surface area contributed by atoms with E-state index in [1.807, 2.05) is 22.7 Å². The van der Waals surface area contributed by atoms with E-state index in [0.717, 1.165) is 16.9 Å². The summed E-state index contributed by atoms with van der Waals surface area (Å²) in [5.74, 6) is 0. The molecule has 3 nitrogen and oxygen atoms in total. The van der Waals surface area contributed by atoms with Crippen molar-refractivity contribution in [3.05, 3.63) is 59.4 Å². The Morgan fingerprint density at radius 1 is 1.11 bits per heavy atom. The van der Waals surface area contributed by atoms with Crippen molar-refractivity contribution in [2.45, 2.75) is 20.4 Å². The number of aromatic nitrogens is 2. The Balaban J connectivity index is 2.14. The third kappa shape index (κ3) is 2.13. The van der Waals surface area contributed by atoms with Crippen molar-refractivity contribution >= 4 is 5.65 Å². The first-order chi connectivity index (χ1) is 9.17. The lowest BCUT2D eigenvalue weighted by atomic mass is 10.0. The maximum atomic E-state index is 5.67. The highest BCUT2D eigenvalue weighted by Crippen LogP contribution is 2.24. The van der Waals surface area contributed by atoms with E-state index < -0.39 is 0 Å². The van der Waals surface area contributed by atoms with E-state index in [9.17, 15) is 0 Å². The highest BCUT2D eigenvalue weighted by Gasteiger charge is 2.07. The van der Waals surface area contributed by atoms with Crippen molar-refractivity contribution in [2.24, 2.45) is 5.73 Å². The second-order valence-electron chi connectivity index (χ2n) is 4.95. The van der Waals surface area contributed by atoms with Gasteiger partial charge < -0.3 is 10.1 Å². The van der Waals surface area contributed by atoms with Crippen molar-refractivity contribution in [2.75, 3.05) is 0 Å². The van der Waals surface area contributed by atoms with Gasteiger partial charge in [-0.15, -0.1) is 0 Å². The Labute approximate surface area is 112 Å². The first-order valence-electron chi connectivity index (χ1n) is 6.43. The van der Waals surface area contributed by atoms with Crippen LogP contribution in [0.15, 0.2) is 42.7 Å². The molecular formula is C16H17N3. The summed E-state index contributed by atoms with van der Waals surface area (Å²) in [6, 6.07) is 10.5. The van der Waals surface area contributed by atoms with Crippen LogP contribution in [0.5, 0.6) is 0 Å². The van der Waals surface area contributed by atoms with Gasteiger partial charge in [0.1, 0.15) is 5.65 Å². The minimum atomic E-state index is 0.549. The van der Waals surface area contributed by atoms with E-state index in [-0.39, 0.29) is 0 Å². The van der Waals surface area contributed by atoms with E-state index in [1.54, 1.807) is 0 Å². The van der Waals surface area contributed by atoms with E-state index in [4.69, 9.17) is 5.73 Å². The number of nitrogens with two attached hydrogens (primary N) is 1. The molecule has 0 aliphatic rings. The zero-order valence-corrected chi connectivity index (χ0v) is 11.2. The second-order valence-corrected chi connectivity index (χ2v) is 4.95. The van der Waals surface area contributed by atoms with Gasteiger partial charge in [0.15, 0.2) is 0 Å². The third-order valence-electron chi connectivity index (χ3n) is 3.41. The van der Waals surface area contributed by atoms with Gasteiger partial charge in [0, 0.05) is 24.5 Å². The number of aryl methyl sites for hydroxylation is 2. The summed E-state index contributed by atoms with van der Waals surface area (Å²) in [4.78, 5) is 4.67. The molecule has 0 saturated heterocycles. The van der Waals surface area contributed by atoms with Gasteiger partial charge in [-0.3, -0.25) is 0 Å². The van der Waals surface area contributed by atoms with Crippen molar-refractivity contribution < 1.29 is 0 Å². The number of fused-ring (bicyclic) bond motifs is 1. The van der Waals surface area contributed by atoms with Crippen LogP contribution in [0.1, 0.15) is 16.7 Å². The lowest BCUT2D eigenvalue weighted by molar-refractivity contribution is 1.03. The molecule has 3 heteroatoms. The molecule has 0 aliphatic carbocycles. The number of hydrogen-bond donors (Lipinski definition) is 1. The molecule has 0 aliphatic heterocycles. The normalized spacial score (nSPS) is 11.1. The van der Waals surface area contributed by atoms with Crippen molar-refractivity contribution in [3.63, 3.8) is 0 Å². The van der Waals surface area contributed by atoms with Gasteiger partial charge >= 0.3 is 0 Å². The number of benzene rings is 1. The molecular weight excluding hydrogens is 234 g/mol. The van der Waals surface area contributed by atoms with Crippen LogP contribution in [0.25, 0.3) is 16.9 Å². The van der Waals surface area contributed by atoms with Crippen LogP contribution in [0.3, 0.4) is 0 Å². The summed E-state index contributed by atoms with van der Waals surface area (Å²) >= 11 is 0. The summed E-state index contributed by atoms with van der Waals surface area (Å²) in [5, 5.41) is 0. The SMILES string of the molecule is Cc1ccc(-c2cn3cc(CN)ccc3n2)c(C)c1. The van der Waals surface area contributed by atoms with Crippen molar-refractivity contribution in [1.82, 2.24) is 9.38 Å². The fourth-order valence-corrected chi connectivity index (χ4v) is 2.39. The Kier molecular flexibility index (Phi) is 2.84. The Morgan fingerprint density at radius 3 is 2.68 bits per heavy atom. The van der Waals surface area contributed by atoms with E-state index in [1.165, 1.54) is 16.7 Å². The lowest BCUT2D eigenvalue weighted by Crippen LogP contribution is -1.97. The Morgan fingerprint density at radius 2 is 1.95 bits per heavy atom. The fraction of sp³-hybridized carbons (Fsp3) is 0.188. The average Bonchev–Trinajstić information content (AvgIpc) is 2.80. The molecule has 96 valence electrons. The van der Waals surface area contributed by atoms with Crippen LogP contribution in [-0.4, -0.2) is 9.38 Å². The number of rotatable bonds is 2. The first kappa shape index (κ1) is 11.9. The van der Waals surface area contributed by atoms with Gasteiger partial charge in [-0.2, -0.15) is 0 Å². The Hall–Kier alpha value is -2.13. The predicted octanol–water partition coefficient (Wildman–Crippen LogP) is 3.08. The minimum absolute atomic E-state index is 0.549. The summed E-state index contributed by atoms with van der Waals surface area (Å²) in [5.41, 5.74) is 12.4. The predicted molar refractivity (Wildman–Crippen MR) is 78.0 cm³/mol. The summed E-state index contributed by atoms with van der Waals surface area (Å²) in [6.07, 6.45) is 4.10. The summed E-state index contributed by atoms with van der Waals surface area (Å²) < 4.78 is 2.04. The maximum Gasteiger partial charge on any atom is 0.137 e. The molecule has 2 heterocycles. The van der Waals surface area contributed by atoms with E-state index in [0.29, 0.717) is 6.54 Å². The van der Waals surface area contributed by atoms with E-state index in [2.05, 4.69) is 43.2 Å². The highest BCUT2D eigenvalue weighted by atomic mass is 15.0. The molecule has 0 amide bonds. The second kappa shape index (κ2) is 4.52. The standard InChI is InChI=1S/C16H17N3/c1-11-3-5-14(12(2)7-11)15-10-19-9-13(8-17)4-6-16(19)18-15/h3-7,9-10H,8,17H2,1-2H3. The molecule has 0 saturated carbocycles. The molecule has 0 spiro atoms. The van der Waals surface area contributed by atoms with Crippen LogP contribution in [0.4, 0.5) is 0 Å². The fourth-order valence-electron chi connectivity index (χ4n) is 2.39. The molecule has 1 aromatic carbocycles. The smallest absolute Gasteiger partial charge is 0.137 e. The van der Waals surface area contributed by atoms with Crippen LogP contribution in [0.2, 0.25) is 0 Å². The monoisotopic (exact) mass is 251 g/mol. The lowest BCUT2D eigenvalue weighted by Gasteiger charge is -2.02. The average molecular weight is 251 g/mol. The molecule has 3 aromatic rings. The van der Waals surface area contributed by atoms with Gasteiger partial charge in [-0.25, -0.2) is 4.98 Å². The molecule has 0 radical (unpaired) electrons. The quantitative estimate of drug-likeness (QED) is 0.760. The molecule has 3 rings (SSSR count). The molecule has 0 unspecified atom stereocenters. The van der Waals surface area contributed by atoms with Gasteiger partial charge in [0.25, 0.3) is 0 Å². The molecule has 0 bridgehead atoms. The van der Waals surface area contributed by atoms with Crippen LogP contribution >= 0.6 is 0 Å². The number of hydrogen-bond acceptors (Lipinski definition) is 2.